The maximum atomic E-state index is 14.0. The van der Waals surface area contributed by atoms with Crippen LogP contribution in [-0.2, 0) is 14.8 Å². The zero-order valence-electron chi connectivity index (χ0n) is 36.1. The van der Waals surface area contributed by atoms with Crippen molar-refractivity contribution >= 4 is 61.1 Å². The van der Waals surface area contributed by atoms with Gasteiger partial charge in [0.05, 0.1) is 21.5 Å². The number of allylic oxidation sites excluding steroid dienone is 1. The van der Waals surface area contributed by atoms with Crippen molar-refractivity contribution in [1.29, 1.82) is 0 Å². The SMILES string of the molecule is O=C(NS(=O)(=O)c1ccc(NC2CCN(C3CCOCC3)CC2)c([N+](=O)[O-])c1)c1ccc(N2CCN(CC3=C(c4ccc(Cl)cc4)CCC(O)C3)CC2)cc1Oc1ccc2[nH]ccc2c1. The van der Waals surface area contributed by atoms with E-state index >= 15 is 0 Å². The molecule has 9 rings (SSSR count). The van der Waals surface area contributed by atoms with Gasteiger partial charge in [-0.3, -0.25) is 19.8 Å². The van der Waals surface area contributed by atoms with Crippen molar-refractivity contribution in [3.8, 4) is 11.5 Å². The molecule has 5 aromatic rings. The second kappa shape index (κ2) is 19.5. The first kappa shape index (κ1) is 44.7. The number of sulfonamides is 1. The van der Waals surface area contributed by atoms with E-state index in [2.05, 4.69) is 29.7 Å². The molecule has 1 atom stereocenters. The molecule has 3 fully saturated rings. The third-order valence-electron chi connectivity index (χ3n) is 13.2. The summed E-state index contributed by atoms with van der Waals surface area (Å²) in [6.45, 7) is 6.85. The summed E-state index contributed by atoms with van der Waals surface area (Å²) in [5.74, 6) is -0.349. The normalized spacial score (nSPS) is 19.7. The Morgan fingerprint density at radius 3 is 2.43 bits per heavy atom. The topological polar surface area (TPSA) is 183 Å². The van der Waals surface area contributed by atoms with Crippen LogP contribution < -0.4 is 19.7 Å². The lowest BCUT2D eigenvalue weighted by Crippen LogP contribution is -2.47. The number of aliphatic hydroxyl groups excluding tert-OH is 1. The summed E-state index contributed by atoms with van der Waals surface area (Å²) >= 11 is 6.18. The number of benzene rings is 4. The molecule has 1 unspecified atom stereocenters. The molecule has 0 spiro atoms. The Balaban J connectivity index is 0.903. The highest BCUT2D eigenvalue weighted by Crippen LogP contribution is 2.36. The van der Waals surface area contributed by atoms with E-state index in [1.807, 2.05) is 48.7 Å². The molecular formula is C48H54ClN7O8S. The lowest BCUT2D eigenvalue weighted by atomic mass is 9.85. The van der Waals surface area contributed by atoms with E-state index in [1.54, 1.807) is 24.3 Å². The number of likely N-dealkylation sites (tertiary alicyclic amines) is 1. The van der Waals surface area contributed by atoms with Gasteiger partial charge in [0.25, 0.3) is 21.6 Å². The van der Waals surface area contributed by atoms with Crippen LogP contribution in [0.15, 0.2) is 102 Å². The number of carbonyl (C=O) groups excluding carboxylic acids is 1. The third kappa shape index (κ3) is 10.5. The third-order valence-corrected chi connectivity index (χ3v) is 14.8. The highest BCUT2D eigenvalue weighted by molar-refractivity contribution is 7.90. The number of carbonyl (C=O) groups is 1. The summed E-state index contributed by atoms with van der Waals surface area (Å²) in [6.07, 6.45) is 7.19. The van der Waals surface area contributed by atoms with Crippen LogP contribution in [0.5, 0.6) is 11.5 Å². The number of nitro groups is 1. The molecule has 15 nitrogen and oxygen atoms in total. The Morgan fingerprint density at radius 2 is 1.68 bits per heavy atom. The van der Waals surface area contributed by atoms with Crippen LogP contribution in [-0.4, -0.2) is 116 Å². The van der Waals surface area contributed by atoms with Crippen molar-refractivity contribution in [2.24, 2.45) is 0 Å². The second-order valence-corrected chi connectivity index (χ2v) is 19.5. The number of aromatic amines is 1. The Bertz CT molecular complexity index is 2670. The fourth-order valence-electron chi connectivity index (χ4n) is 9.66. The molecule has 3 saturated heterocycles. The number of aliphatic hydroxyl groups is 1. The summed E-state index contributed by atoms with van der Waals surface area (Å²) < 4.78 is 41.7. The number of amides is 1. The lowest BCUT2D eigenvalue weighted by molar-refractivity contribution is -0.384. The van der Waals surface area contributed by atoms with Gasteiger partial charge in [0, 0.05) is 111 Å². The van der Waals surface area contributed by atoms with E-state index in [9.17, 15) is 28.4 Å². The first-order valence-electron chi connectivity index (χ1n) is 22.4. The molecule has 0 saturated carbocycles. The van der Waals surface area contributed by atoms with E-state index in [1.165, 1.54) is 23.3 Å². The Hall–Kier alpha value is -5.49. The number of fused-ring (bicyclic) bond motifs is 1. The summed E-state index contributed by atoms with van der Waals surface area (Å²) in [7, 11) is -4.57. The highest BCUT2D eigenvalue weighted by atomic mass is 35.5. The van der Waals surface area contributed by atoms with Gasteiger partial charge in [-0.15, -0.1) is 0 Å². The van der Waals surface area contributed by atoms with E-state index in [4.69, 9.17) is 21.1 Å². The quantitative estimate of drug-likeness (QED) is 0.0665. The standard InChI is InChI=1S/C48H54ClN7O8S/c49-35-3-1-32(2-4-35)42-10-6-39(57)27-34(42)31-53-21-23-55(24-22-53)38-5-9-43(47(29-38)64-40-7-11-44-33(28-40)13-18-50-44)48(58)52-65(61,62)41-8-12-45(46(30-41)56(59)60)51-36-14-19-54(20-15-36)37-16-25-63-26-17-37/h1-5,7-9,11-13,18,28-30,36-37,39,50-51,57H,6,10,14-17,19-27,31H2,(H,52,58). The lowest BCUT2D eigenvalue weighted by Gasteiger charge is -2.39. The minimum atomic E-state index is -4.57. The average molecular weight is 925 g/mol. The van der Waals surface area contributed by atoms with Crippen molar-refractivity contribution in [3.05, 3.63) is 123 Å². The number of hydrogen-bond acceptors (Lipinski definition) is 12. The molecule has 17 heteroatoms. The molecule has 1 aliphatic carbocycles. The maximum absolute atomic E-state index is 14.0. The predicted octanol–water partition coefficient (Wildman–Crippen LogP) is 7.82. The molecule has 4 aromatic carbocycles. The average Bonchev–Trinajstić information content (AvgIpc) is 3.78. The minimum Gasteiger partial charge on any atom is -0.456 e. The summed E-state index contributed by atoms with van der Waals surface area (Å²) in [5, 5.41) is 27.8. The van der Waals surface area contributed by atoms with Crippen molar-refractivity contribution in [2.75, 3.05) is 69.2 Å². The zero-order chi connectivity index (χ0) is 45.1. The molecule has 0 radical (unpaired) electrons. The molecule has 0 bridgehead atoms. The molecule has 1 aromatic heterocycles. The summed E-state index contributed by atoms with van der Waals surface area (Å²) in [5.41, 5.74) is 5.14. The number of H-pyrrole nitrogens is 1. The number of rotatable bonds is 13. The first-order chi connectivity index (χ1) is 31.5. The van der Waals surface area contributed by atoms with E-state index < -0.39 is 31.4 Å². The van der Waals surface area contributed by atoms with E-state index in [0.717, 1.165) is 113 Å². The molecule has 3 aliphatic heterocycles. The highest BCUT2D eigenvalue weighted by Gasteiger charge is 2.31. The fourth-order valence-corrected chi connectivity index (χ4v) is 10.8. The molecule has 4 aliphatic rings. The van der Waals surface area contributed by atoms with Crippen LogP contribution in [0.1, 0.15) is 60.9 Å². The van der Waals surface area contributed by atoms with Gasteiger partial charge in [-0.2, -0.15) is 0 Å². The number of piperazine rings is 1. The van der Waals surface area contributed by atoms with Gasteiger partial charge in [-0.1, -0.05) is 23.7 Å². The van der Waals surface area contributed by atoms with Gasteiger partial charge in [-0.25, -0.2) is 13.1 Å². The van der Waals surface area contributed by atoms with Gasteiger partial charge in [0.1, 0.15) is 17.2 Å². The summed E-state index contributed by atoms with van der Waals surface area (Å²) in [4.78, 5) is 35.5. The largest absolute Gasteiger partial charge is 0.456 e. The Morgan fingerprint density at radius 1 is 0.908 bits per heavy atom. The van der Waals surface area contributed by atoms with Crippen molar-refractivity contribution in [2.45, 2.75) is 68.0 Å². The molecule has 4 N–H and O–H groups in total. The number of nitro benzene ring substituents is 1. The molecule has 1 amide bonds. The van der Waals surface area contributed by atoms with Gasteiger partial charge in [0.15, 0.2) is 0 Å². The van der Waals surface area contributed by atoms with Gasteiger partial charge >= 0.3 is 0 Å². The number of aromatic nitrogens is 1. The minimum absolute atomic E-state index is 0.0154. The molecule has 65 heavy (non-hydrogen) atoms. The van der Waals surface area contributed by atoms with Crippen LogP contribution in [0.25, 0.3) is 16.5 Å². The zero-order valence-corrected chi connectivity index (χ0v) is 37.7. The van der Waals surface area contributed by atoms with Crippen molar-refractivity contribution in [3.63, 3.8) is 0 Å². The fraction of sp³-hybridized carbons (Fsp3) is 0.396. The van der Waals surface area contributed by atoms with Gasteiger partial charge < -0.3 is 34.7 Å². The van der Waals surface area contributed by atoms with Crippen LogP contribution in [0.3, 0.4) is 0 Å². The van der Waals surface area contributed by atoms with Crippen molar-refractivity contribution < 1.29 is 32.7 Å². The van der Waals surface area contributed by atoms with Gasteiger partial charge in [0.2, 0.25) is 0 Å². The van der Waals surface area contributed by atoms with Crippen molar-refractivity contribution in [1.82, 2.24) is 19.5 Å². The Labute approximate surface area is 383 Å². The molecule has 342 valence electrons. The number of ether oxygens (including phenoxy) is 2. The smallest absolute Gasteiger partial charge is 0.293 e. The number of piperidine rings is 1. The van der Waals surface area contributed by atoms with Crippen LogP contribution in [0.4, 0.5) is 17.1 Å². The number of nitrogens with one attached hydrogen (secondary N) is 3. The van der Waals surface area contributed by atoms with Crippen LogP contribution in [0, 0.1) is 10.1 Å². The maximum Gasteiger partial charge on any atom is 0.293 e. The van der Waals surface area contributed by atoms with E-state index in [-0.39, 0.29) is 29.1 Å². The first-order valence-corrected chi connectivity index (χ1v) is 24.3. The monoisotopic (exact) mass is 923 g/mol. The van der Waals surface area contributed by atoms with E-state index in [0.29, 0.717) is 36.3 Å². The number of hydrogen-bond donors (Lipinski definition) is 4. The summed E-state index contributed by atoms with van der Waals surface area (Å²) in [6, 6.07) is 24.5. The molecular weight excluding hydrogens is 870 g/mol. The van der Waals surface area contributed by atoms with Crippen LogP contribution >= 0.6 is 11.6 Å². The molecule has 4 heterocycles. The second-order valence-electron chi connectivity index (χ2n) is 17.4. The van der Waals surface area contributed by atoms with Crippen LogP contribution in [0.2, 0.25) is 5.02 Å². The predicted molar refractivity (Wildman–Crippen MR) is 252 cm³/mol. The number of anilines is 2. The number of halogens is 1. The van der Waals surface area contributed by atoms with Gasteiger partial charge in [-0.05, 0) is 122 Å². The number of nitrogens with zero attached hydrogens (tertiary/aromatic N) is 4. The Kier molecular flexibility index (Phi) is 13.4.